The van der Waals surface area contributed by atoms with Crippen LogP contribution >= 0.6 is 0 Å². The Labute approximate surface area is 187 Å². The lowest BCUT2D eigenvalue weighted by atomic mass is 9.80. The number of hydrogen-bond acceptors (Lipinski definition) is 5. The molecule has 0 bridgehead atoms. The zero-order valence-electron chi connectivity index (χ0n) is 19.4. The van der Waals surface area contributed by atoms with Crippen LogP contribution in [0.3, 0.4) is 0 Å². The van der Waals surface area contributed by atoms with E-state index < -0.39 is 16.3 Å². The number of fused-ring (bicyclic) bond motifs is 1. The van der Waals surface area contributed by atoms with Crippen molar-refractivity contribution < 1.29 is 13.9 Å². The number of nitrogens with zero attached hydrogens (tertiary/aromatic N) is 3. The summed E-state index contributed by atoms with van der Waals surface area (Å²) in [6, 6.07) is 9.35. The van der Waals surface area contributed by atoms with E-state index in [0.717, 1.165) is 17.5 Å². The maximum Gasteiger partial charge on any atom is 0.146 e. The van der Waals surface area contributed by atoms with Gasteiger partial charge in [-0.1, -0.05) is 67.0 Å². The Morgan fingerprint density at radius 2 is 1.68 bits per heavy atom. The lowest BCUT2D eigenvalue weighted by molar-refractivity contribution is 0.438. The molecule has 2 atom stereocenters. The first-order valence-corrected chi connectivity index (χ1v) is 11.8. The lowest BCUT2D eigenvalue weighted by Crippen LogP contribution is -2.18. The van der Waals surface area contributed by atoms with Crippen LogP contribution in [0.1, 0.15) is 83.2 Å². The second-order valence-electron chi connectivity index (χ2n) is 10.2. The smallest absolute Gasteiger partial charge is 0.146 e. The van der Waals surface area contributed by atoms with Crippen LogP contribution in [0.25, 0.3) is 16.7 Å². The average molecular weight is 443 g/mol. The van der Waals surface area contributed by atoms with Gasteiger partial charge in [0.15, 0.2) is 0 Å². The molecular formula is C24H32N3O3S-. The van der Waals surface area contributed by atoms with Crippen molar-refractivity contribution in [3.8, 4) is 11.4 Å². The Morgan fingerprint density at radius 1 is 1.03 bits per heavy atom. The fraction of sp³-hybridized carbons (Fsp3) is 0.500. The highest BCUT2D eigenvalue weighted by Gasteiger charge is 2.26. The SMILES string of the molecule is CCCC(c1ccc2nn(-c3cc(C(C)(C)C)cc(C(C)(C)C)c3O)nc2c1)S(=O)[O-]. The molecule has 3 rings (SSSR count). The minimum absolute atomic E-state index is 0.117. The molecule has 3 aromatic rings. The minimum atomic E-state index is -2.20. The van der Waals surface area contributed by atoms with Crippen molar-refractivity contribution in [2.45, 2.75) is 77.4 Å². The lowest BCUT2D eigenvalue weighted by Gasteiger charge is -2.27. The third-order valence-corrected chi connectivity index (χ3v) is 6.51. The topological polar surface area (TPSA) is 91.1 Å². The second-order valence-corrected chi connectivity index (χ2v) is 11.3. The van der Waals surface area contributed by atoms with Gasteiger partial charge in [-0.15, -0.1) is 15.0 Å². The molecule has 0 saturated carbocycles. The molecule has 1 heterocycles. The third kappa shape index (κ3) is 4.83. The minimum Gasteiger partial charge on any atom is -0.772 e. The molecule has 31 heavy (non-hydrogen) atoms. The van der Waals surface area contributed by atoms with Crippen LogP contribution in [0.4, 0.5) is 0 Å². The van der Waals surface area contributed by atoms with E-state index in [4.69, 9.17) is 0 Å². The molecule has 0 aliphatic heterocycles. The Bertz CT molecular complexity index is 1120. The van der Waals surface area contributed by atoms with Crippen molar-refractivity contribution >= 4 is 22.1 Å². The summed E-state index contributed by atoms with van der Waals surface area (Å²) >= 11 is -2.20. The molecule has 0 spiro atoms. The zero-order chi connectivity index (χ0) is 23.1. The molecule has 1 N–H and O–H groups in total. The molecule has 0 saturated heterocycles. The number of benzene rings is 2. The third-order valence-electron chi connectivity index (χ3n) is 5.54. The van der Waals surface area contributed by atoms with Gasteiger partial charge in [0.2, 0.25) is 0 Å². The number of phenols is 1. The van der Waals surface area contributed by atoms with Gasteiger partial charge in [-0.25, -0.2) is 0 Å². The van der Waals surface area contributed by atoms with Gasteiger partial charge in [0.05, 0.1) is 0 Å². The molecule has 7 heteroatoms. The first kappa shape index (κ1) is 23.4. The van der Waals surface area contributed by atoms with Gasteiger partial charge < -0.3 is 9.66 Å². The van der Waals surface area contributed by atoms with E-state index in [-0.39, 0.29) is 16.6 Å². The highest BCUT2D eigenvalue weighted by atomic mass is 32.2. The van der Waals surface area contributed by atoms with Gasteiger partial charge in [-0.3, -0.25) is 4.21 Å². The zero-order valence-corrected chi connectivity index (χ0v) is 20.2. The predicted molar refractivity (Wildman–Crippen MR) is 124 cm³/mol. The van der Waals surface area contributed by atoms with E-state index in [0.29, 0.717) is 28.7 Å². The monoisotopic (exact) mass is 442 g/mol. The molecule has 1 aromatic heterocycles. The Balaban J connectivity index is 2.18. The summed E-state index contributed by atoms with van der Waals surface area (Å²) in [6.45, 7) is 14.5. The predicted octanol–water partition coefficient (Wildman–Crippen LogP) is 5.44. The molecule has 0 radical (unpaired) electrons. The number of hydrogen-bond donors (Lipinski definition) is 1. The first-order chi connectivity index (χ1) is 14.3. The van der Waals surface area contributed by atoms with Crippen LogP contribution in [-0.4, -0.2) is 28.9 Å². The van der Waals surface area contributed by atoms with E-state index in [9.17, 15) is 13.9 Å². The molecule has 0 amide bonds. The first-order valence-electron chi connectivity index (χ1n) is 10.7. The molecule has 0 aliphatic rings. The summed E-state index contributed by atoms with van der Waals surface area (Å²) in [5.41, 5.74) is 4.01. The largest absolute Gasteiger partial charge is 0.772 e. The normalized spacial score (nSPS) is 14.7. The molecule has 6 nitrogen and oxygen atoms in total. The summed E-state index contributed by atoms with van der Waals surface area (Å²) in [5.74, 6) is 0.158. The average Bonchev–Trinajstić information content (AvgIpc) is 3.07. The van der Waals surface area contributed by atoms with Gasteiger partial charge in [0, 0.05) is 10.8 Å². The molecule has 2 unspecified atom stereocenters. The Hall–Kier alpha value is -2.25. The van der Waals surface area contributed by atoms with Crippen molar-refractivity contribution in [1.29, 1.82) is 0 Å². The summed E-state index contributed by atoms with van der Waals surface area (Å²) in [5, 5.41) is 19.7. The highest BCUT2D eigenvalue weighted by molar-refractivity contribution is 7.79. The van der Waals surface area contributed by atoms with Crippen molar-refractivity contribution in [2.75, 3.05) is 0 Å². The molecular weight excluding hydrogens is 410 g/mol. The van der Waals surface area contributed by atoms with Crippen molar-refractivity contribution in [3.63, 3.8) is 0 Å². The van der Waals surface area contributed by atoms with Gasteiger partial charge >= 0.3 is 0 Å². The number of aromatic nitrogens is 3. The molecule has 0 aliphatic carbocycles. The van der Waals surface area contributed by atoms with Gasteiger partial charge in [0.1, 0.15) is 22.5 Å². The Kier molecular flexibility index (Phi) is 6.31. The van der Waals surface area contributed by atoms with Gasteiger partial charge in [-0.2, -0.15) is 0 Å². The Morgan fingerprint density at radius 3 is 2.23 bits per heavy atom. The maximum atomic E-state index is 11.7. The number of phenolic OH excluding ortho intramolecular Hbond substituents is 1. The molecule has 0 fully saturated rings. The number of rotatable bonds is 5. The van der Waals surface area contributed by atoms with Gasteiger partial charge in [0.25, 0.3) is 0 Å². The van der Waals surface area contributed by atoms with Crippen LogP contribution in [-0.2, 0) is 21.9 Å². The standard InChI is InChI=1S/C24H33N3O3S/c1-8-9-21(31(29)30)15-10-11-18-19(12-15)26-27(25-18)20-14-16(23(2,3)4)13-17(22(20)28)24(5,6)7/h10-14,21,28H,8-9H2,1-7H3,(H,29,30)/p-1. The van der Waals surface area contributed by atoms with E-state index in [1.165, 1.54) is 4.80 Å². The van der Waals surface area contributed by atoms with E-state index in [1.807, 2.05) is 13.0 Å². The van der Waals surface area contributed by atoms with Crippen molar-refractivity contribution in [3.05, 3.63) is 47.0 Å². The van der Waals surface area contributed by atoms with E-state index in [1.54, 1.807) is 18.2 Å². The fourth-order valence-corrected chi connectivity index (χ4v) is 4.45. The van der Waals surface area contributed by atoms with Crippen LogP contribution in [0.2, 0.25) is 0 Å². The second kappa shape index (κ2) is 8.36. The summed E-state index contributed by atoms with van der Waals surface area (Å²) in [6.07, 6.45) is 1.32. The van der Waals surface area contributed by atoms with Crippen molar-refractivity contribution in [1.82, 2.24) is 15.0 Å². The molecule has 168 valence electrons. The maximum absolute atomic E-state index is 11.7. The van der Waals surface area contributed by atoms with Crippen LogP contribution in [0.5, 0.6) is 5.75 Å². The summed E-state index contributed by atoms with van der Waals surface area (Å²) < 4.78 is 23.4. The van der Waals surface area contributed by atoms with Crippen LogP contribution < -0.4 is 0 Å². The van der Waals surface area contributed by atoms with Crippen LogP contribution in [0, 0.1) is 0 Å². The molecule has 2 aromatic carbocycles. The summed E-state index contributed by atoms with van der Waals surface area (Å²) in [7, 11) is 0. The van der Waals surface area contributed by atoms with Crippen molar-refractivity contribution in [2.24, 2.45) is 0 Å². The quantitative estimate of drug-likeness (QED) is 0.531. The van der Waals surface area contributed by atoms with Gasteiger partial charge in [-0.05, 0) is 57.7 Å². The van der Waals surface area contributed by atoms with E-state index in [2.05, 4.69) is 57.8 Å². The van der Waals surface area contributed by atoms with E-state index >= 15 is 0 Å². The fourth-order valence-electron chi connectivity index (χ4n) is 3.65. The number of aromatic hydroxyl groups is 1. The highest BCUT2D eigenvalue weighted by Crippen LogP contribution is 2.39. The summed E-state index contributed by atoms with van der Waals surface area (Å²) in [4.78, 5) is 1.46. The van der Waals surface area contributed by atoms with Crippen LogP contribution in [0.15, 0.2) is 30.3 Å².